The number of aromatic carboxylic acids is 1. The van der Waals surface area contributed by atoms with Crippen molar-refractivity contribution in [1.29, 1.82) is 0 Å². The SMILES string of the molecule is Nc1cc(-c2cccc(Br)c2F)sc1C(=O)O. The highest BCUT2D eigenvalue weighted by Gasteiger charge is 2.16. The van der Waals surface area contributed by atoms with Crippen molar-refractivity contribution >= 4 is 38.9 Å². The van der Waals surface area contributed by atoms with E-state index in [0.717, 1.165) is 11.3 Å². The van der Waals surface area contributed by atoms with Crippen molar-refractivity contribution in [3.63, 3.8) is 0 Å². The number of thiophene rings is 1. The second kappa shape index (κ2) is 4.46. The fourth-order valence-electron chi connectivity index (χ4n) is 1.40. The van der Waals surface area contributed by atoms with Gasteiger partial charge >= 0.3 is 5.97 Å². The molecule has 0 atom stereocenters. The van der Waals surface area contributed by atoms with Crippen LogP contribution >= 0.6 is 27.3 Å². The van der Waals surface area contributed by atoms with Gasteiger partial charge in [0.15, 0.2) is 0 Å². The molecule has 88 valence electrons. The lowest BCUT2D eigenvalue weighted by Gasteiger charge is -2.00. The van der Waals surface area contributed by atoms with Gasteiger partial charge in [-0.3, -0.25) is 0 Å². The van der Waals surface area contributed by atoms with E-state index in [1.54, 1.807) is 18.2 Å². The fourth-order valence-corrected chi connectivity index (χ4v) is 2.70. The maximum atomic E-state index is 13.8. The summed E-state index contributed by atoms with van der Waals surface area (Å²) in [4.78, 5) is 11.4. The molecule has 1 aromatic heterocycles. The summed E-state index contributed by atoms with van der Waals surface area (Å²) in [5.41, 5.74) is 6.05. The van der Waals surface area contributed by atoms with Gasteiger partial charge in [0.2, 0.25) is 0 Å². The largest absolute Gasteiger partial charge is 0.477 e. The zero-order chi connectivity index (χ0) is 12.6. The van der Waals surface area contributed by atoms with Crippen molar-refractivity contribution in [3.8, 4) is 10.4 Å². The highest BCUT2D eigenvalue weighted by molar-refractivity contribution is 9.10. The Morgan fingerprint density at radius 2 is 2.18 bits per heavy atom. The lowest BCUT2D eigenvalue weighted by Crippen LogP contribution is -1.96. The first kappa shape index (κ1) is 12.1. The van der Waals surface area contributed by atoms with E-state index in [0.29, 0.717) is 14.9 Å². The first-order valence-corrected chi connectivity index (χ1v) is 6.18. The summed E-state index contributed by atoms with van der Waals surface area (Å²) in [6.45, 7) is 0. The van der Waals surface area contributed by atoms with E-state index in [1.165, 1.54) is 6.07 Å². The molecule has 3 nitrogen and oxygen atoms in total. The third-order valence-corrected chi connectivity index (χ3v) is 3.96. The lowest BCUT2D eigenvalue weighted by atomic mass is 10.2. The van der Waals surface area contributed by atoms with Crippen LogP contribution < -0.4 is 5.73 Å². The lowest BCUT2D eigenvalue weighted by molar-refractivity contribution is 0.0703. The average molecular weight is 316 g/mol. The summed E-state index contributed by atoms with van der Waals surface area (Å²) < 4.78 is 14.1. The predicted octanol–water partition coefficient (Wildman–Crippen LogP) is 3.60. The normalized spacial score (nSPS) is 10.5. The maximum absolute atomic E-state index is 13.8. The predicted molar refractivity (Wildman–Crippen MR) is 68.8 cm³/mol. The Bertz CT molecular complexity index is 597. The Kier molecular flexibility index (Phi) is 3.17. The molecule has 2 aromatic rings. The van der Waals surface area contributed by atoms with E-state index >= 15 is 0 Å². The van der Waals surface area contributed by atoms with Crippen LogP contribution in [0.4, 0.5) is 10.1 Å². The molecule has 1 heterocycles. The molecule has 1 aromatic carbocycles. The number of hydrogen-bond acceptors (Lipinski definition) is 3. The number of benzene rings is 1. The van der Waals surface area contributed by atoms with Crippen LogP contribution in [-0.2, 0) is 0 Å². The molecule has 0 unspecified atom stereocenters. The molecule has 0 radical (unpaired) electrons. The van der Waals surface area contributed by atoms with Crippen LogP contribution in [0.3, 0.4) is 0 Å². The van der Waals surface area contributed by atoms with Crippen LogP contribution in [-0.4, -0.2) is 11.1 Å². The number of nitrogens with two attached hydrogens (primary N) is 1. The van der Waals surface area contributed by atoms with Gasteiger partial charge < -0.3 is 10.8 Å². The molecule has 0 saturated carbocycles. The summed E-state index contributed by atoms with van der Waals surface area (Å²) in [5.74, 6) is -1.53. The molecule has 0 aliphatic heterocycles. The molecule has 0 aliphatic rings. The molecule has 0 aliphatic carbocycles. The number of anilines is 1. The fraction of sp³-hybridized carbons (Fsp3) is 0. The number of carboxylic acids is 1. The van der Waals surface area contributed by atoms with E-state index in [1.807, 2.05) is 0 Å². The van der Waals surface area contributed by atoms with E-state index in [2.05, 4.69) is 15.9 Å². The molecule has 2 rings (SSSR count). The first-order chi connectivity index (χ1) is 8.00. The Hall–Kier alpha value is -1.40. The monoisotopic (exact) mass is 315 g/mol. The summed E-state index contributed by atoms with van der Waals surface area (Å²) in [6, 6.07) is 6.31. The third-order valence-electron chi connectivity index (χ3n) is 2.17. The van der Waals surface area contributed by atoms with Crippen LogP contribution in [0.15, 0.2) is 28.7 Å². The van der Waals surface area contributed by atoms with E-state index < -0.39 is 11.8 Å². The van der Waals surface area contributed by atoms with Crippen molar-refractivity contribution in [1.82, 2.24) is 0 Å². The van der Waals surface area contributed by atoms with E-state index in [-0.39, 0.29) is 10.6 Å². The molecular weight excluding hydrogens is 309 g/mol. The standard InChI is InChI=1S/C11H7BrFNO2S/c12-6-3-1-2-5(9(6)13)8-4-7(14)10(17-8)11(15)16/h1-4H,14H2,(H,15,16). The van der Waals surface area contributed by atoms with Crippen LogP contribution in [0.25, 0.3) is 10.4 Å². The molecule has 0 saturated heterocycles. The molecule has 17 heavy (non-hydrogen) atoms. The third kappa shape index (κ3) is 2.18. The minimum atomic E-state index is -1.10. The summed E-state index contributed by atoms with van der Waals surface area (Å²) in [6.07, 6.45) is 0. The number of rotatable bonds is 2. The molecular formula is C11H7BrFNO2S. The summed E-state index contributed by atoms with van der Waals surface area (Å²) in [7, 11) is 0. The Morgan fingerprint density at radius 1 is 1.47 bits per heavy atom. The van der Waals surface area contributed by atoms with Gasteiger partial charge in [0, 0.05) is 10.4 Å². The van der Waals surface area contributed by atoms with Crippen molar-refractivity contribution in [3.05, 3.63) is 39.4 Å². The molecule has 0 amide bonds. The van der Waals surface area contributed by atoms with E-state index in [4.69, 9.17) is 10.8 Å². The topological polar surface area (TPSA) is 63.3 Å². The molecule has 0 fully saturated rings. The Morgan fingerprint density at radius 3 is 2.76 bits per heavy atom. The minimum Gasteiger partial charge on any atom is -0.477 e. The Balaban J connectivity index is 2.58. The van der Waals surface area contributed by atoms with Gasteiger partial charge in [0.25, 0.3) is 0 Å². The number of carbonyl (C=O) groups is 1. The van der Waals surface area contributed by atoms with Crippen molar-refractivity contribution in [2.45, 2.75) is 0 Å². The Labute approximate surface area is 109 Å². The van der Waals surface area contributed by atoms with Gasteiger partial charge in [-0.2, -0.15) is 0 Å². The van der Waals surface area contributed by atoms with Crippen LogP contribution in [0, 0.1) is 5.82 Å². The van der Waals surface area contributed by atoms with Gasteiger partial charge in [0.1, 0.15) is 10.7 Å². The maximum Gasteiger partial charge on any atom is 0.348 e. The minimum absolute atomic E-state index is 0.0272. The average Bonchev–Trinajstić information content (AvgIpc) is 2.64. The molecule has 6 heteroatoms. The van der Waals surface area contributed by atoms with Gasteiger partial charge in [-0.25, -0.2) is 9.18 Å². The number of carboxylic acid groups (broad SMARTS) is 1. The quantitative estimate of drug-likeness (QED) is 0.890. The van der Waals surface area contributed by atoms with Crippen LogP contribution in [0.5, 0.6) is 0 Å². The van der Waals surface area contributed by atoms with Gasteiger partial charge in [0.05, 0.1) is 10.2 Å². The highest BCUT2D eigenvalue weighted by Crippen LogP contribution is 2.36. The zero-order valence-electron chi connectivity index (χ0n) is 8.41. The van der Waals surface area contributed by atoms with Gasteiger partial charge in [-0.15, -0.1) is 11.3 Å². The smallest absolute Gasteiger partial charge is 0.348 e. The van der Waals surface area contributed by atoms with E-state index in [9.17, 15) is 9.18 Å². The van der Waals surface area contributed by atoms with Gasteiger partial charge in [-0.05, 0) is 28.1 Å². The summed E-state index contributed by atoms with van der Waals surface area (Å²) in [5, 5.41) is 8.88. The van der Waals surface area contributed by atoms with Crippen molar-refractivity contribution < 1.29 is 14.3 Å². The molecule has 3 N–H and O–H groups in total. The second-order valence-corrected chi connectivity index (χ2v) is 5.21. The molecule has 0 spiro atoms. The number of hydrogen-bond donors (Lipinski definition) is 2. The zero-order valence-corrected chi connectivity index (χ0v) is 10.8. The first-order valence-electron chi connectivity index (χ1n) is 4.57. The summed E-state index contributed by atoms with van der Waals surface area (Å²) >= 11 is 4.04. The van der Waals surface area contributed by atoms with Crippen LogP contribution in [0.2, 0.25) is 0 Å². The highest BCUT2D eigenvalue weighted by atomic mass is 79.9. The van der Waals surface area contributed by atoms with Crippen molar-refractivity contribution in [2.24, 2.45) is 0 Å². The molecule has 0 bridgehead atoms. The second-order valence-electron chi connectivity index (χ2n) is 3.30. The number of nitrogen functional groups attached to an aromatic ring is 1. The van der Waals surface area contributed by atoms with Gasteiger partial charge in [-0.1, -0.05) is 12.1 Å². The number of halogens is 2. The van der Waals surface area contributed by atoms with Crippen LogP contribution in [0.1, 0.15) is 9.67 Å². The van der Waals surface area contributed by atoms with Crippen molar-refractivity contribution in [2.75, 3.05) is 5.73 Å².